The topological polar surface area (TPSA) is 64.9 Å². The van der Waals surface area contributed by atoms with Crippen LogP contribution in [0.5, 0.6) is 5.75 Å². The van der Waals surface area contributed by atoms with Crippen LogP contribution in [0.3, 0.4) is 0 Å². The number of aromatic nitrogens is 4. The minimum Gasteiger partial charge on any atom is -0.489 e. The van der Waals surface area contributed by atoms with Crippen LogP contribution in [-0.4, -0.2) is 20.2 Å². The Morgan fingerprint density at radius 1 is 1.08 bits per heavy atom. The molecule has 0 aliphatic carbocycles. The Morgan fingerprint density at radius 2 is 1.84 bits per heavy atom. The van der Waals surface area contributed by atoms with Gasteiger partial charge < -0.3 is 10.1 Å². The van der Waals surface area contributed by atoms with Crippen molar-refractivity contribution < 1.29 is 4.74 Å². The first-order valence-corrected chi connectivity index (χ1v) is 8.57. The maximum Gasteiger partial charge on any atom is 0.243 e. The van der Waals surface area contributed by atoms with E-state index in [1.165, 1.54) is 0 Å². The third kappa shape index (κ3) is 4.61. The fraction of sp³-hybridized carbons (Fsp3) is 0.235. The van der Waals surface area contributed by atoms with Crippen LogP contribution < -0.4 is 10.1 Å². The van der Waals surface area contributed by atoms with Gasteiger partial charge >= 0.3 is 0 Å². The lowest BCUT2D eigenvalue weighted by atomic mass is 10.2. The van der Waals surface area contributed by atoms with Crippen LogP contribution in [0.15, 0.2) is 42.5 Å². The summed E-state index contributed by atoms with van der Waals surface area (Å²) >= 11 is 12.0. The van der Waals surface area contributed by atoms with Gasteiger partial charge in [0.25, 0.3) is 0 Å². The molecule has 0 atom stereocenters. The van der Waals surface area contributed by atoms with Crippen LogP contribution in [0.1, 0.15) is 18.1 Å². The van der Waals surface area contributed by atoms with E-state index in [1.54, 1.807) is 10.7 Å². The second-order valence-electron chi connectivity index (χ2n) is 5.34. The molecule has 1 aromatic heterocycles. The molecule has 0 spiro atoms. The minimum absolute atomic E-state index is 0.443. The zero-order valence-electron chi connectivity index (χ0n) is 13.6. The summed E-state index contributed by atoms with van der Waals surface area (Å²) in [6.07, 6.45) is 0. The SMILES string of the molecule is CCn1nnnc1NCc1cc(Cl)ccc1OCc1ccc(Cl)cc1. The molecule has 1 N–H and O–H groups in total. The van der Waals surface area contributed by atoms with Crippen molar-refractivity contribution in [3.63, 3.8) is 0 Å². The lowest BCUT2D eigenvalue weighted by Crippen LogP contribution is -2.09. The summed E-state index contributed by atoms with van der Waals surface area (Å²) < 4.78 is 7.62. The van der Waals surface area contributed by atoms with Gasteiger partial charge in [0.05, 0.1) is 0 Å². The van der Waals surface area contributed by atoms with Crippen molar-refractivity contribution in [1.82, 2.24) is 20.2 Å². The molecule has 0 amide bonds. The van der Waals surface area contributed by atoms with E-state index in [9.17, 15) is 0 Å². The van der Waals surface area contributed by atoms with Gasteiger partial charge in [0.15, 0.2) is 0 Å². The zero-order valence-corrected chi connectivity index (χ0v) is 15.1. The summed E-state index contributed by atoms with van der Waals surface area (Å²) in [7, 11) is 0. The number of ether oxygens (including phenoxy) is 1. The fourth-order valence-electron chi connectivity index (χ4n) is 2.29. The summed E-state index contributed by atoms with van der Waals surface area (Å²) in [5.41, 5.74) is 1.96. The Bertz CT molecular complexity index is 835. The Labute approximate surface area is 155 Å². The number of nitrogens with zero attached hydrogens (tertiary/aromatic N) is 4. The van der Waals surface area contributed by atoms with E-state index in [4.69, 9.17) is 27.9 Å². The Morgan fingerprint density at radius 3 is 2.60 bits per heavy atom. The number of aryl methyl sites for hydroxylation is 1. The molecule has 0 saturated heterocycles. The second-order valence-corrected chi connectivity index (χ2v) is 6.21. The van der Waals surface area contributed by atoms with Crippen LogP contribution in [0.4, 0.5) is 5.95 Å². The van der Waals surface area contributed by atoms with Crippen molar-refractivity contribution in [3.05, 3.63) is 63.6 Å². The molecule has 0 aliphatic rings. The van der Waals surface area contributed by atoms with Gasteiger partial charge in [-0.05, 0) is 53.2 Å². The summed E-state index contributed by atoms with van der Waals surface area (Å²) in [4.78, 5) is 0. The number of anilines is 1. The molecule has 3 aromatic rings. The highest BCUT2D eigenvalue weighted by molar-refractivity contribution is 6.30. The molecule has 6 nitrogen and oxygen atoms in total. The summed E-state index contributed by atoms with van der Waals surface area (Å²) in [6, 6.07) is 13.1. The molecule has 130 valence electrons. The van der Waals surface area contributed by atoms with Crippen molar-refractivity contribution >= 4 is 29.2 Å². The summed E-state index contributed by atoms with van der Waals surface area (Å²) in [5, 5.41) is 16.1. The van der Waals surface area contributed by atoms with Crippen LogP contribution in [0, 0.1) is 0 Å². The molecule has 2 aromatic carbocycles. The van der Waals surface area contributed by atoms with E-state index in [2.05, 4.69) is 20.8 Å². The number of halogens is 2. The molecule has 8 heteroatoms. The van der Waals surface area contributed by atoms with Crippen molar-refractivity contribution in [1.29, 1.82) is 0 Å². The van der Waals surface area contributed by atoms with E-state index in [1.807, 2.05) is 43.3 Å². The maximum atomic E-state index is 6.13. The molecular formula is C17H17Cl2N5O. The average molecular weight is 378 g/mol. The molecule has 0 saturated carbocycles. The Hall–Kier alpha value is -2.31. The van der Waals surface area contributed by atoms with Gasteiger partial charge in [-0.1, -0.05) is 40.4 Å². The number of benzene rings is 2. The Balaban J connectivity index is 1.70. The number of rotatable bonds is 7. The quantitative estimate of drug-likeness (QED) is 0.668. The predicted octanol–water partition coefficient (Wildman–Crippen LogP) is 4.19. The van der Waals surface area contributed by atoms with Gasteiger partial charge in [0.1, 0.15) is 12.4 Å². The number of tetrazole rings is 1. The lowest BCUT2D eigenvalue weighted by Gasteiger charge is -2.13. The molecule has 25 heavy (non-hydrogen) atoms. The first kappa shape index (κ1) is 17.5. The zero-order chi connectivity index (χ0) is 17.6. The van der Waals surface area contributed by atoms with Crippen LogP contribution in [0.25, 0.3) is 0 Å². The predicted molar refractivity (Wildman–Crippen MR) is 98.1 cm³/mol. The van der Waals surface area contributed by atoms with Crippen molar-refractivity contribution in [2.45, 2.75) is 26.6 Å². The van der Waals surface area contributed by atoms with E-state index in [0.29, 0.717) is 35.7 Å². The first-order valence-electron chi connectivity index (χ1n) is 7.81. The van der Waals surface area contributed by atoms with Gasteiger partial charge in [-0.2, -0.15) is 0 Å². The third-order valence-electron chi connectivity index (χ3n) is 3.60. The molecule has 0 fully saturated rings. The molecule has 0 aliphatic heterocycles. The van der Waals surface area contributed by atoms with Crippen LogP contribution >= 0.6 is 23.2 Å². The largest absolute Gasteiger partial charge is 0.489 e. The molecule has 0 radical (unpaired) electrons. The number of hydrogen-bond donors (Lipinski definition) is 1. The molecule has 0 unspecified atom stereocenters. The van der Waals surface area contributed by atoms with E-state index >= 15 is 0 Å². The lowest BCUT2D eigenvalue weighted by molar-refractivity contribution is 0.303. The monoisotopic (exact) mass is 377 g/mol. The molecule has 0 bridgehead atoms. The smallest absolute Gasteiger partial charge is 0.243 e. The molecule has 1 heterocycles. The number of hydrogen-bond acceptors (Lipinski definition) is 5. The van der Waals surface area contributed by atoms with Gasteiger partial charge in [0, 0.05) is 28.7 Å². The third-order valence-corrected chi connectivity index (χ3v) is 4.09. The molecule has 3 rings (SSSR count). The first-order chi connectivity index (χ1) is 12.2. The van der Waals surface area contributed by atoms with Crippen molar-refractivity contribution in [3.8, 4) is 5.75 Å². The van der Waals surface area contributed by atoms with Crippen LogP contribution in [-0.2, 0) is 19.7 Å². The normalized spacial score (nSPS) is 10.7. The van der Waals surface area contributed by atoms with E-state index in [-0.39, 0.29) is 0 Å². The van der Waals surface area contributed by atoms with E-state index < -0.39 is 0 Å². The highest BCUT2D eigenvalue weighted by Gasteiger charge is 2.09. The minimum atomic E-state index is 0.443. The number of nitrogens with one attached hydrogen (secondary N) is 1. The summed E-state index contributed by atoms with van der Waals surface area (Å²) in [6.45, 7) is 3.60. The standard InChI is InChI=1S/C17H17Cl2N5O/c1-2-24-17(21-22-23-24)20-10-13-9-15(19)7-8-16(13)25-11-12-3-5-14(18)6-4-12/h3-9H,2,10-11H2,1H3,(H,20,21,23). The highest BCUT2D eigenvalue weighted by Crippen LogP contribution is 2.25. The van der Waals surface area contributed by atoms with Gasteiger partial charge in [0.2, 0.25) is 5.95 Å². The highest BCUT2D eigenvalue weighted by atomic mass is 35.5. The van der Waals surface area contributed by atoms with Crippen molar-refractivity contribution in [2.24, 2.45) is 0 Å². The summed E-state index contributed by atoms with van der Waals surface area (Å²) in [5.74, 6) is 1.36. The second kappa shape index (κ2) is 8.18. The average Bonchev–Trinajstić information content (AvgIpc) is 3.08. The molecular weight excluding hydrogens is 361 g/mol. The maximum absolute atomic E-state index is 6.13. The van der Waals surface area contributed by atoms with E-state index in [0.717, 1.165) is 16.9 Å². The van der Waals surface area contributed by atoms with Gasteiger partial charge in [-0.3, -0.25) is 0 Å². The van der Waals surface area contributed by atoms with Crippen LogP contribution in [0.2, 0.25) is 10.0 Å². The fourth-order valence-corrected chi connectivity index (χ4v) is 2.61. The van der Waals surface area contributed by atoms with Crippen molar-refractivity contribution in [2.75, 3.05) is 5.32 Å². The van der Waals surface area contributed by atoms with Gasteiger partial charge in [-0.25, -0.2) is 4.68 Å². The Kier molecular flexibility index (Phi) is 5.73. The van der Waals surface area contributed by atoms with Gasteiger partial charge in [-0.15, -0.1) is 0 Å².